The molecule has 5 nitrogen and oxygen atoms in total. The number of unbranched alkanes of at least 4 members (excludes halogenated alkanes) is 1. The van der Waals surface area contributed by atoms with Crippen molar-refractivity contribution in [2.24, 2.45) is 11.7 Å². The Hall–Kier alpha value is -2.47. The van der Waals surface area contributed by atoms with Gasteiger partial charge in [0.2, 0.25) is 11.8 Å². The molecule has 0 spiro atoms. The lowest BCUT2D eigenvalue weighted by Gasteiger charge is -2.20. The van der Waals surface area contributed by atoms with E-state index >= 15 is 0 Å². The standard InChI is InChI=1S/C23H32FN3O2/c1-4-5-6-19(10-7-16(2)3)26-14-17-8-11-21(20(24)13-17)29-22-12-9-18(15-27-22)23(25)28/h8-9,11-13,15-16,19,26H,4-7,10,14H2,1-3H3,(H2,25,28). The molecule has 0 saturated carbocycles. The Bertz CT molecular complexity index is 778. The van der Waals surface area contributed by atoms with Gasteiger partial charge in [-0.2, -0.15) is 0 Å². The molecule has 0 fully saturated rings. The van der Waals surface area contributed by atoms with E-state index in [1.807, 2.05) is 6.07 Å². The fraction of sp³-hybridized carbons (Fsp3) is 0.478. The summed E-state index contributed by atoms with van der Waals surface area (Å²) < 4.78 is 20.0. The molecule has 1 amide bonds. The normalized spacial score (nSPS) is 12.2. The number of primary amides is 1. The van der Waals surface area contributed by atoms with Crippen molar-refractivity contribution in [1.29, 1.82) is 0 Å². The van der Waals surface area contributed by atoms with Crippen LogP contribution in [0, 0.1) is 11.7 Å². The van der Waals surface area contributed by atoms with Crippen molar-refractivity contribution < 1.29 is 13.9 Å². The lowest BCUT2D eigenvalue weighted by molar-refractivity contribution is 0.1000. The molecule has 2 rings (SSSR count). The van der Waals surface area contributed by atoms with Gasteiger partial charge in [0, 0.05) is 24.8 Å². The molecule has 1 atom stereocenters. The van der Waals surface area contributed by atoms with Crippen LogP contribution >= 0.6 is 0 Å². The van der Waals surface area contributed by atoms with Crippen molar-refractivity contribution >= 4 is 5.91 Å². The predicted molar refractivity (Wildman–Crippen MR) is 113 cm³/mol. The molecular weight excluding hydrogens is 369 g/mol. The Kier molecular flexibility index (Phi) is 9.06. The van der Waals surface area contributed by atoms with E-state index in [1.165, 1.54) is 43.7 Å². The summed E-state index contributed by atoms with van der Waals surface area (Å²) in [6.07, 6.45) is 7.13. The van der Waals surface area contributed by atoms with Crippen LogP contribution < -0.4 is 15.8 Å². The van der Waals surface area contributed by atoms with E-state index in [4.69, 9.17) is 10.5 Å². The molecule has 0 radical (unpaired) electrons. The summed E-state index contributed by atoms with van der Waals surface area (Å²) in [5, 5.41) is 3.58. The molecule has 0 aliphatic heterocycles. The number of benzene rings is 1. The van der Waals surface area contributed by atoms with Crippen LogP contribution in [0.25, 0.3) is 0 Å². The Balaban J connectivity index is 1.95. The van der Waals surface area contributed by atoms with Crippen LogP contribution in [-0.2, 0) is 6.54 Å². The number of hydrogen-bond donors (Lipinski definition) is 2. The third kappa shape index (κ3) is 7.81. The topological polar surface area (TPSA) is 77.2 Å². The molecule has 29 heavy (non-hydrogen) atoms. The molecule has 1 unspecified atom stereocenters. The number of carbonyl (C=O) groups is 1. The smallest absolute Gasteiger partial charge is 0.250 e. The van der Waals surface area contributed by atoms with E-state index < -0.39 is 11.7 Å². The lowest BCUT2D eigenvalue weighted by Crippen LogP contribution is -2.29. The van der Waals surface area contributed by atoms with Gasteiger partial charge in [-0.15, -0.1) is 0 Å². The van der Waals surface area contributed by atoms with Crippen LogP contribution in [0.5, 0.6) is 11.6 Å². The third-order valence-corrected chi connectivity index (χ3v) is 4.83. The second kappa shape index (κ2) is 11.5. The van der Waals surface area contributed by atoms with Crippen LogP contribution in [0.2, 0.25) is 0 Å². The van der Waals surface area contributed by atoms with Crippen LogP contribution in [0.1, 0.15) is 68.8 Å². The SMILES string of the molecule is CCCCC(CCC(C)C)NCc1ccc(Oc2ccc(C(N)=O)cn2)c(F)c1. The van der Waals surface area contributed by atoms with Crippen LogP contribution in [-0.4, -0.2) is 16.9 Å². The van der Waals surface area contributed by atoms with Crippen LogP contribution in [0.15, 0.2) is 36.5 Å². The first kappa shape index (κ1) is 22.8. The average Bonchev–Trinajstić information content (AvgIpc) is 2.69. The minimum absolute atomic E-state index is 0.0930. The Morgan fingerprint density at radius 3 is 2.59 bits per heavy atom. The number of nitrogens with zero attached hydrogens (tertiary/aromatic N) is 1. The summed E-state index contributed by atoms with van der Waals surface area (Å²) in [7, 11) is 0. The largest absolute Gasteiger partial charge is 0.436 e. The Morgan fingerprint density at radius 1 is 1.21 bits per heavy atom. The lowest BCUT2D eigenvalue weighted by atomic mass is 9.99. The van der Waals surface area contributed by atoms with E-state index in [0.29, 0.717) is 18.5 Å². The number of hydrogen-bond acceptors (Lipinski definition) is 4. The second-order valence-corrected chi connectivity index (χ2v) is 7.81. The quantitative estimate of drug-likeness (QED) is 0.513. The summed E-state index contributed by atoms with van der Waals surface area (Å²) >= 11 is 0. The monoisotopic (exact) mass is 401 g/mol. The second-order valence-electron chi connectivity index (χ2n) is 7.81. The number of rotatable bonds is 12. The number of amides is 1. The number of ether oxygens (including phenoxy) is 1. The summed E-state index contributed by atoms with van der Waals surface area (Å²) in [6, 6.07) is 8.37. The van der Waals surface area contributed by atoms with E-state index in [1.54, 1.807) is 6.07 Å². The van der Waals surface area contributed by atoms with Gasteiger partial charge in [0.15, 0.2) is 11.6 Å². The highest BCUT2D eigenvalue weighted by molar-refractivity contribution is 5.92. The van der Waals surface area contributed by atoms with E-state index in [-0.39, 0.29) is 17.2 Å². The highest BCUT2D eigenvalue weighted by Crippen LogP contribution is 2.24. The van der Waals surface area contributed by atoms with Crippen molar-refractivity contribution in [3.63, 3.8) is 0 Å². The third-order valence-electron chi connectivity index (χ3n) is 4.83. The Morgan fingerprint density at radius 2 is 2.00 bits per heavy atom. The van der Waals surface area contributed by atoms with Crippen molar-refractivity contribution in [1.82, 2.24) is 10.3 Å². The molecule has 0 aliphatic carbocycles. The molecule has 2 aromatic rings. The van der Waals surface area contributed by atoms with Crippen molar-refractivity contribution in [3.05, 3.63) is 53.5 Å². The first-order valence-corrected chi connectivity index (χ1v) is 10.3. The average molecular weight is 402 g/mol. The highest BCUT2D eigenvalue weighted by atomic mass is 19.1. The summed E-state index contributed by atoms with van der Waals surface area (Å²) in [4.78, 5) is 15.1. The highest BCUT2D eigenvalue weighted by Gasteiger charge is 2.11. The molecule has 0 saturated heterocycles. The molecule has 1 aromatic heterocycles. The van der Waals surface area contributed by atoms with Crippen LogP contribution in [0.3, 0.4) is 0 Å². The molecule has 0 aliphatic rings. The zero-order valence-electron chi connectivity index (χ0n) is 17.6. The molecule has 6 heteroatoms. The van der Waals surface area contributed by atoms with Crippen molar-refractivity contribution in [3.8, 4) is 11.6 Å². The number of aromatic nitrogens is 1. The van der Waals surface area contributed by atoms with Gasteiger partial charge < -0.3 is 15.8 Å². The minimum Gasteiger partial charge on any atom is -0.436 e. The van der Waals surface area contributed by atoms with Crippen molar-refractivity contribution in [2.75, 3.05) is 0 Å². The van der Waals surface area contributed by atoms with Gasteiger partial charge in [-0.3, -0.25) is 4.79 Å². The van der Waals surface area contributed by atoms with E-state index in [0.717, 1.165) is 18.4 Å². The first-order chi connectivity index (χ1) is 13.9. The Labute approximate surface area is 172 Å². The summed E-state index contributed by atoms with van der Waals surface area (Å²) in [5.41, 5.74) is 6.33. The van der Waals surface area contributed by atoms with Gasteiger partial charge in [-0.1, -0.05) is 39.7 Å². The molecule has 158 valence electrons. The zero-order chi connectivity index (χ0) is 21.2. The zero-order valence-corrected chi connectivity index (χ0v) is 17.6. The maximum Gasteiger partial charge on any atom is 0.250 e. The van der Waals surface area contributed by atoms with Gasteiger partial charge in [-0.25, -0.2) is 9.37 Å². The summed E-state index contributed by atoms with van der Waals surface area (Å²) in [5.74, 6) is -0.0426. The van der Waals surface area contributed by atoms with Crippen molar-refractivity contribution in [2.45, 2.75) is 65.5 Å². The summed E-state index contributed by atoms with van der Waals surface area (Å²) in [6.45, 7) is 7.29. The van der Waals surface area contributed by atoms with Gasteiger partial charge in [0.25, 0.3) is 0 Å². The maximum absolute atomic E-state index is 14.5. The van der Waals surface area contributed by atoms with Gasteiger partial charge in [0.05, 0.1) is 5.56 Å². The number of nitrogens with one attached hydrogen (secondary N) is 1. The van der Waals surface area contributed by atoms with Gasteiger partial charge in [-0.05, 0) is 48.9 Å². The maximum atomic E-state index is 14.5. The first-order valence-electron chi connectivity index (χ1n) is 10.3. The van der Waals surface area contributed by atoms with Gasteiger partial charge in [0.1, 0.15) is 0 Å². The number of halogens is 1. The molecular formula is C23H32FN3O2. The fourth-order valence-corrected chi connectivity index (χ4v) is 3.03. The molecule has 1 aromatic carbocycles. The number of nitrogens with two attached hydrogens (primary N) is 1. The van der Waals surface area contributed by atoms with E-state index in [9.17, 15) is 9.18 Å². The van der Waals surface area contributed by atoms with E-state index in [2.05, 4.69) is 31.1 Å². The minimum atomic E-state index is -0.572. The molecule has 0 bridgehead atoms. The number of carbonyl (C=O) groups excluding carboxylic acids is 1. The molecule has 1 heterocycles. The molecule has 3 N–H and O–H groups in total. The fourth-order valence-electron chi connectivity index (χ4n) is 3.03. The predicted octanol–water partition coefficient (Wildman–Crippen LogP) is 5.20. The number of pyridine rings is 1. The van der Waals surface area contributed by atoms with Crippen LogP contribution in [0.4, 0.5) is 4.39 Å². The van der Waals surface area contributed by atoms with Gasteiger partial charge >= 0.3 is 0 Å².